The molecule has 1 aromatic heterocycles. The third-order valence-corrected chi connectivity index (χ3v) is 9.22. The molecule has 0 atom stereocenters. The van der Waals surface area contributed by atoms with Crippen LogP contribution in [0.5, 0.6) is 5.75 Å². The SMILES string of the molecule is COc1ccc(C=Nc2ccc(S(=O)(=O)Nn3c(Cc4ccccc4Nc4c(Cl)cccc4Cl)nc4ccccc4c3=O)cc2)cc1. The molecule has 0 saturated heterocycles. The highest BCUT2D eigenvalue weighted by Gasteiger charge is 2.20. The highest BCUT2D eigenvalue weighted by molar-refractivity contribution is 7.92. The second kappa shape index (κ2) is 13.7. The van der Waals surface area contributed by atoms with E-state index in [0.29, 0.717) is 32.6 Å². The molecule has 0 unspecified atom stereocenters. The molecule has 6 rings (SSSR count). The Morgan fingerprint density at radius 3 is 2.26 bits per heavy atom. The van der Waals surface area contributed by atoms with Crippen LogP contribution >= 0.6 is 23.2 Å². The molecule has 1 heterocycles. The van der Waals surface area contributed by atoms with Crippen molar-refractivity contribution < 1.29 is 13.2 Å². The molecule has 0 radical (unpaired) electrons. The van der Waals surface area contributed by atoms with E-state index in [-0.39, 0.29) is 22.5 Å². The minimum absolute atomic E-state index is 0.0534. The summed E-state index contributed by atoms with van der Waals surface area (Å²) in [6, 6.07) is 32.7. The molecule has 0 amide bonds. The van der Waals surface area contributed by atoms with Gasteiger partial charge >= 0.3 is 0 Å². The van der Waals surface area contributed by atoms with E-state index < -0.39 is 15.6 Å². The Kier molecular flexibility index (Phi) is 9.26. The van der Waals surface area contributed by atoms with Gasteiger partial charge in [-0.15, -0.1) is 0 Å². The minimum Gasteiger partial charge on any atom is -0.497 e. The predicted molar refractivity (Wildman–Crippen MR) is 188 cm³/mol. The smallest absolute Gasteiger partial charge is 0.280 e. The summed E-state index contributed by atoms with van der Waals surface area (Å²) in [5.74, 6) is 0.911. The number of para-hydroxylation sites is 3. The highest BCUT2D eigenvalue weighted by atomic mass is 35.5. The van der Waals surface area contributed by atoms with Gasteiger partial charge in [-0.1, -0.05) is 59.6 Å². The van der Waals surface area contributed by atoms with Gasteiger partial charge in [-0.05, 0) is 90.0 Å². The van der Waals surface area contributed by atoms with E-state index in [4.69, 9.17) is 32.9 Å². The van der Waals surface area contributed by atoms with Crippen LogP contribution in [0, 0.1) is 0 Å². The molecule has 0 bridgehead atoms. The number of hydrogen-bond donors (Lipinski definition) is 2. The largest absolute Gasteiger partial charge is 0.497 e. The van der Waals surface area contributed by atoms with Crippen LogP contribution in [0.3, 0.4) is 0 Å². The lowest BCUT2D eigenvalue weighted by atomic mass is 10.1. The summed E-state index contributed by atoms with van der Waals surface area (Å²) >= 11 is 12.8. The summed E-state index contributed by atoms with van der Waals surface area (Å²) in [5, 5.41) is 4.39. The Labute approximate surface area is 281 Å². The Bertz CT molecular complexity index is 2250. The van der Waals surface area contributed by atoms with Gasteiger partial charge in [0.1, 0.15) is 11.6 Å². The molecular weight excluding hydrogens is 657 g/mol. The van der Waals surface area contributed by atoms with Crippen molar-refractivity contribution in [3.8, 4) is 5.75 Å². The van der Waals surface area contributed by atoms with E-state index in [2.05, 4.69) is 15.1 Å². The lowest BCUT2D eigenvalue weighted by Crippen LogP contribution is -2.36. The monoisotopic (exact) mass is 683 g/mol. The Hall–Kier alpha value is -5.16. The number of nitrogens with one attached hydrogen (secondary N) is 2. The number of benzene rings is 5. The Balaban J connectivity index is 1.32. The van der Waals surface area contributed by atoms with Crippen LogP contribution in [-0.4, -0.2) is 31.4 Å². The molecule has 236 valence electrons. The van der Waals surface area contributed by atoms with Gasteiger partial charge in [-0.25, -0.2) is 9.82 Å². The summed E-state index contributed by atoms with van der Waals surface area (Å²) in [4.78, 5) is 25.3. The number of nitrogens with zero attached hydrogens (tertiary/aromatic N) is 3. The zero-order valence-electron chi connectivity index (χ0n) is 24.9. The van der Waals surface area contributed by atoms with Crippen molar-refractivity contribution in [1.82, 2.24) is 9.66 Å². The quantitative estimate of drug-likeness (QED) is 0.143. The normalized spacial score (nSPS) is 11.6. The molecule has 6 aromatic rings. The first-order valence-corrected chi connectivity index (χ1v) is 16.6. The maximum atomic E-state index is 13.7. The van der Waals surface area contributed by atoms with Crippen molar-refractivity contribution in [2.75, 3.05) is 17.3 Å². The first-order valence-electron chi connectivity index (χ1n) is 14.3. The van der Waals surface area contributed by atoms with Crippen LogP contribution in [0.1, 0.15) is 17.0 Å². The Morgan fingerprint density at radius 1 is 0.851 bits per heavy atom. The van der Waals surface area contributed by atoms with Gasteiger partial charge in [0, 0.05) is 18.3 Å². The molecule has 0 aliphatic heterocycles. The van der Waals surface area contributed by atoms with E-state index in [1.807, 2.05) is 48.5 Å². The second-order valence-electron chi connectivity index (χ2n) is 10.4. The highest BCUT2D eigenvalue weighted by Crippen LogP contribution is 2.34. The molecule has 9 nitrogen and oxygen atoms in total. The molecule has 47 heavy (non-hydrogen) atoms. The number of hydrogen-bond acceptors (Lipinski definition) is 7. The number of methoxy groups -OCH3 is 1. The van der Waals surface area contributed by atoms with Crippen molar-refractivity contribution in [2.45, 2.75) is 11.3 Å². The number of anilines is 2. The van der Waals surface area contributed by atoms with Crippen LogP contribution in [-0.2, 0) is 16.4 Å². The molecule has 12 heteroatoms. The fourth-order valence-electron chi connectivity index (χ4n) is 4.83. The fourth-order valence-corrected chi connectivity index (χ4v) is 6.35. The first-order chi connectivity index (χ1) is 22.7. The Morgan fingerprint density at radius 2 is 1.53 bits per heavy atom. The average Bonchev–Trinajstić information content (AvgIpc) is 3.08. The predicted octanol–water partition coefficient (Wildman–Crippen LogP) is 7.73. The molecule has 0 saturated carbocycles. The van der Waals surface area contributed by atoms with Crippen molar-refractivity contribution in [3.63, 3.8) is 0 Å². The molecule has 5 aromatic carbocycles. The van der Waals surface area contributed by atoms with Crippen LogP contribution in [0.2, 0.25) is 10.0 Å². The number of fused-ring (bicyclic) bond motifs is 1. The molecule has 0 aliphatic carbocycles. The van der Waals surface area contributed by atoms with Crippen LogP contribution in [0.25, 0.3) is 10.9 Å². The van der Waals surface area contributed by atoms with Crippen LogP contribution in [0.4, 0.5) is 17.1 Å². The number of ether oxygens (including phenoxy) is 1. The molecule has 0 fully saturated rings. The third kappa shape index (κ3) is 7.15. The fraction of sp³-hybridized carbons (Fsp3) is 0.0571. The maximum absolute atomic E-state index is 13.7. The van der Waals surface area contributed by atoms with Gasteiger partial charge in [0.2, 0.25) is 0 Å². The molecular formula is C35H27Cl2N5O4S. The first kappa shape index (κ1) is 31.8. The third-order valence-electron chi connectivity index (χ3n) is 7.27. The van der Waals surface area contributed by atoms with E-state index in [9.17, 15) is 13.2 Å². The summed E-state index contributed by atoms with van der Waals surface area (Å²) in [5.41, 5.74) is 3.17. The minimum atomic E-state index is -4.22. The van der Waals surface area contributed by atoms with Gasteiger partial charge in [0.05, 0.1) is 44.3 Å². The van der Waals surface area contributed by atoms with Gasteiger partial charge in [0.15, 0.2) is 0 Å². The van der Waals surface area contributed by atoms with Crippen molar-refractivity contribution in [3.05, 3.63) is 153 Å². The van der Waals surface area contributed by atoms with Crippen LogP contribution in [0.15, 0.2) is 130 Å². The zero-order chi connectivity index (χ0) is 33.0. The van der Waals surface area contributed by atoms with E-state index in [0.717, 1.165) is 21.6 Å². The number of rotatable bonds is 10. The topological polar surface area (TPSA) is 115 Å². The second-order valence-corrected chi connectivity index (χ2v) is 12.8. The number of aromatic nitrogens is 2. The average molecular weight is 685 g/mol. The van der Waals surface area contributed by atoms with Gasteiger partial charge < -0.3 is 10.1 Å². The summed E-state index contributed by atoms with van der Waals surface area (Å²) < 4.78 is 33.4. The van der Waals surface area contributed by atoms with Crippen molar-refractivity contribution in [1.29, 1.82) is 0 Å². The molecule has 0 aliphatic rings. The number of aliphatic imine (C=N–C) groups is 1. The lowest BCUT2D eigenvalue weighted by molar-refractivity contribution is 0.415. The van der Waals surface area contributed by atoms with Gasteiger partial charge in [-0.2, -0.15) is 13.1 Å². The van der Waals surface area contributed by atoms with Crippen LogP contribution < -0.4 is 20.4 Å². The van der Waals surface area contributed by atoms with E-state index >= 15 is 0 Å². The van der Waals surface area contributed by atoms with Crippen molar-refractivity contribution in [2.24, 2.45) is 4.99 Å². The summed E-state index contributed by atoms with van der Waals surface area (Å²) in [7, 11) is -2.63. The summed E-state index contributed by atoms with van der Waals surface area (Å²) in [6.07, 6.45) is 1.76. The number of sulfonamides is 1. The summed E-state index contributed by atoms with van der Waals surface area (Å²) in [6.45, 7) is 0. The maximum Gasteiger partial charge on any atom is 0.280 e. The van der Waals surface area contributed by atoms with Gasteiger partial charge in [0.25, 0.3) is 15.6 Å². The zero-order valence-corrected chi connectivity index (χ0v) is 27.2. The van der Waals surface area contributed by atoms with Crippen molar-refractivity contribution >= 4 is 67.4 Å². The molecule has 2 N–H and O–H groups in total. The van der Waals surface area contributed by atoms with E-state index in [1.165, 1.54) is 12.1 Å². The number of halogens is 2. The van der Waals surface area contributed by atoms with E-state index in [1.54, 1.807) is 67.9 Å². The molecule has 0 spiro atoms. The standard InChI is InChI=1S/C35H27Cl2N5O4S/c1-46-26-17-13-23(14-18-26)22-38-25-15-19-27(20-16-25)47(44,45)41-42-33(39-32-12-5-3-8-28(32)35(42)43)21-24-7-2-4-11-31(24)40-34-29(36)9-6-10-30(34)37/h2-20,22,40-41H,21H2,1H3. The van der Waals surface area contributed by atoms with Gasteiger partial charge in [-0.3, -0.25) is 9.79 Å². The lowest BCUT2D eigenvalue weighted by Gasteiger charge is -2.18.